The van der Waals surface area contributed by atoms with Crippen molar-refractivity contribution >= 4 is 52.3 Å². The topological polar surface area (TPSA) is 181 Å². The van der Waals surface area contributed by atoms with Crippen molar-refractivity contribution in [3.05, 3.63) is 100 Å². The molecule has 0 radical (unpaired) electrons. The van der Waals surface area contributed by atoms with Crippen LogP contribution < -0.4 is 21.3 Å². The van der Waals surface area contributed by atoms with Gasteiger partial charge >= 0.3 is 19.2 Å². The summed E-state index contributed by atoms with van der Waals surface area (Å²) >= 11 is 3.41. The molecule has 14 nitrogen and oxygen atoms in total. The predicted molar refractivity (Wildman–Crippen MR) is 236 cm³/mol. The highest BCUT2D eigenvalue weighted by Crippen LogP contribution is 2.39. The Morgan fingerprint density at radius 3 is 1.65 bits per heavy atom. The van der Waals surface area contributed by atoms with E-state index < -0.39 is 12.1 Å². The van der Waals surface area contributed by atoms with Gasteiger partial charge in [-0.25, -0.2) is 19.6 Å². The number of anilines is 2. The molecule has 16 heteroatoms. The fourth-order valence-corrected chi connectivity index (χ4v) is 7.92. The molecule has 0 saturated carbocycles. The smallest absolute Gasteiger partial charge is 0.400 e. The SMILES string of the molecule is CC1(C)OB(C2=CCOCC2)OC1(C)C.NC(=O)N1CCCc2cc(-c3cncc(Br)c3)cnc21.NC(=O)N1CCCc2cc(-c3cncc(C4=CCOCC4)c3)cnc21. The zero-order valence-electron chi connectivity index (χ0n) is 34.7. The highest BCUT2D eigenvalue weighted by atomic mass is 79.9. The highest BCUT2D eigenvalue weighted by Gasteiger charge is 2.52. The van der Waals surface area contributed by atoms with Crippen LogP contribution in [0.25, 0.3) is 27.8 Å². The van der Waals surface area contributed by atoms with Crippen molar-refractivity contribution in [2.45, 2.75) is 77.4 Å². The maximum absolute atomic E-state index is 11.6. The minimum Gasteiger partial charge on any atom is -0.400 e. The van der Waals surface area contributed by atoms with Crippen molar-refractivity contribution in [3.8, 4) is 22.3 Å². The molecule has 9 rings (SSSR count). The van der Waals surface area contributed by atoms with Crippen LogP contribution in [0.15, 0.2) is 83.5 Å². The van der Waals surface area contributed by atoms with E-state index in [0.717, 1.165) is 95.2 Å². The molecule has 0 aromatic carbocycles. The molecule has 0 aliphatic carbocycles. The molecule has 1 fully saturated rings. The molecule has 4 amide bonds. The maximum atomic E-state index is 11.6. The molecule has 0 bridgehead atoms. The monoisotopic (exact) mass is 878 g/mol. The second kappa shape index (κ2) is 18.7. The number of carbonyl (C=O) groups excluding carboxylic acids is 2. The van der Waals surface area contributed by atoms with Crippen molar-refractivity contribution in [3.63, 3.8) is 0 Å². The van der Waals surface area contributed by atoms with Crippen molar-refractivity contribution in [2.24, 2.45) is 11.5 Å². The number of urea groups is 2. The Kier molecular flexibility index (Phi) is 13.5. The minimum absolute atomic E-state index is 0.182. The van der Waals surface area contributed by atoms with Crippen LogP contribution in [0.3, 0.4) is 0 Å². The average molecular weight is 880 g/mol. The van der Waals surface area contributed by atoms with Crippen LogP contribution in [0.2, 0.25) is 0 Å². The molecule has 5 aliphatic rings. The van der Waals surface area contributed by atoms with Crippen LogP contribution >= 0.6 is 15.9 Å². The zero-order valence-corrected chi connectivity index (χ0v) is 36.2. The number of nitrogens with two attached hydrogens (primary N) is 2. The molecule has 0 spiro atoms. The van der Waals surface area contributed by atoms with Gasteiger partial charge in [-0.05, 0) is 134 Å². The molecule has 314 valence electrons. The van der Waals surface area contributed by atoms with Crippen molar-refractivity contribution < 1.29 is 28.4 Å². The number of halogens is 1. The number of hydrogen-bond donors (Lipinski definition) is 2. The van der Waals surface area contributed by atoms with Crippen LogP contribution in [0.1, 0.15) is 70.1 Å². The second-order valence-electron chi connectivity index (χ2n) is 16.2. The number of primary amides is 2. The number of hydrogen-bond acceptors (Lipinski definition) is 10. The normalized spacial score (nSPS) is 19.0. The van der Waals surface area contributed by atoms with Gasteiger partial charge in [0, 0.05) is 77.0 Å². The van der Waals surface area contributed by atoms with Gasteiger partial charge in [-0.3, -0.25) is 19.8 Å². The number of ether oxygens (including phenoxy) is 2. The Bertz CT molecular complexity index is 2270. The number of amides is 4. The Morgan fingerprint density at radius 2 is 1.15 bits per heavy atom. The molecule has 0 atom stereocenters. The highest BCUT2D eigenvalue weighted by molar-refractivity contribution is 9.10. The van der Waals surface area contributed by atoms with E-state index in [-0.39, 0.29) is 18.3 Å². The molecule has 5 aliphatic heterocycles. The van der Waals surface area contributed by atoms with Gasteiger partial charge in [0.05, 0.1) is 37.6 Å². The molecule has 4 aromatic heterocycles. The number of nitrogens with zero attached hydrogens (tertiary/aromatic N) is 6. The summed E-state index contributed by atoms with van der Waals surface area (Å²) in [5.41, 5.74) is 20.1. The van der Waals surface area contributed by atoms with Crippen LogP contribution in [0.5, 0.6) is 0 Å². The second-order valence-corrected chi connectivity index (χ2v) is 17.1. The summed E-state index contributed by atoms with van der Waals surface area (Å²) in [6, 6.07) is 7.39. The Balaban J connectivity index is 0.000000141. The van der Waals surface area contributed by atoms with Crippen LogP contribution in [-0.2, 0) is 31.6 Å². The molecule has 0 unspecified atom stereocenters. The third-order valence-corrected chi connectivity index (χ3v) is 12.0. The van der Waals surface area contributed by atoms with E-state index >= 15 is 0 Å². The summed E-state index contributed by atoms with van der Waals surface area (Å²) in [4.78, 5) is 43.5. The van der Waals surface area contributed by atoms with Crippen LogP contribution in [-0.4, -0.2) is 89.8 Å². The van der Waals surface area contributed by atoms with Gasteiger partial charge in [-0.15, -0.1) is 0 Å². The van der Waals surface area contributed by atoms with Gasteiger partial charge in [-0.2, -0.15) is 0 Å². The zero-order chi connectivity index (χ0) is 42.4. The largest absolute Gasteiger partial charge is 0.490 e. The van der Waals surface area contributed by atoms with Gasteiger partial charge < -0.3 is 30.2 Å². The van der Waals surface area contributed by atoms with Gasteiger partial charge in [-0.1, -0.05) is 12.2 Å². The predicted octanol–water partition coefficient (Wildman–Crippen LogP) is 7.48. The van der Waals surface area contributed by atoms with Crippen LogP contribution in [0.4, 0.5) is 21.2 Å². The summed E-state index contributed by atoms with van der Waals surface area (Å²) in [5.74, 6) is 1.36. The van der Waals surface area contributed by atoms with Gasteiger partial charge in [0.15, 0.2) is 0 Å². The van der Waals surface area contributed by atoms with Crippen molar-refractivity contribution in [2.75, 3.05) is 49.3 Å². The van der Waals surface area contributed by atoms with E-state index in [1.165, 1.54) is 15.9 Å². The van der Waals surface area contributed by atoms with E-state index in [0.29, 0.717) is 37.9 Å². The summed E-state index contributed by atoms with van der Waals surface area (Å²) in [7, 11) is -0.182. The van der Waals surface area contributed by atoms with E-state index in [4.69, 9.17) is 30.2 Å². The fourth-order valence-electron chi connectivity index (χ4n) is 7.55. The first-order valence-corrected chi connectivity index (χ1v) is 21.2. The minimum atomic E-state index is -0.449. The first-order chi connectivity index (χ1) is 28.8. The van der Waals surface area contributed by atoms with Crippen molar-refractivity contribution in [1.82, 2.24) is 19.9 Å². The lowest BCUT2D eigenvalue weighted by Crippen LogP contribution is -2.41. The summed E-state index contributed by atoms with van der Waals surface area (Å²) in [6.07, 6.45) is 20.4. The molecule has 1 saturated heterocycles. The quantitative estimate of drug-likeness (QED) is 0.195. The third kappa shape index (κ3) is 9.95. The molecule has 4 N–H and O–H groups in total. The standard InChI is InChI=1S/C19H20N4O2.C14H13BrN4O.C11H19BO3/c20-19(24)23-5-1-2-14-8-17(12-22-18(14)23)16-9-15(10-21-11-16)13-3-6-25-7-4-13;15-12-5-11(6-17-8-12)10-4-9-2-1-3-19(14(16)20)13(9)18-7-10;1-10(2)11(3,4)15-12(14-10)9-5-7-13-8-6-9/h3,8-12H,1-2,4-7H2,(H2,20,24);4-8H,1-3H2,(H2,16,20);5H,6-8H2,1-4H3. The van der Waals surface area contributed by atoms with E-state index in [2.05, 4.69) is 93.9 Å². The molecular weight excluding hydrogens is 827 g/mol. The third-order valence-electron chi connectivity index (χ3n) is 11.6. The number of carbonyl (C=O) groups is 2. The average Bonchev–Trinajstić information content (AvgIpc) is 3.49. The lowest BCUT2D eigenvalue weighted by molar-refractivity contribution is 0.00578. The summed E-state index contributed by atoms with van der Waals surface area (Å²) in [6.45, 7) is 12.4. The number of pyridine rings is 4. The lowest BCUT2D eigenvalue weighted by Gasteiger charge is -2.32. The summed E-state index contributed by atoms with van der Waals surface area (Å²) in [5, 5.41) is 0. The van der Waals surface area contributed by atoms with E-state index in [1.54, 1.807) is 29.7 Å². The first-order valence-electron chi connectivity index (χ1n) is 20.4. The summed E-state index contributed by atoms with van der Waals surface area (Å²) < 4.78 is 23.5. The maximum Gasteiger partial charge on any atom is 0.490 e. The number of aromatic nitrogens is 4. The molecule has 4 aromatic rings. The fraction of sp³-hybridized carbons (Fsp3) is 0.409. The number of aryl methyl sites for hydroxylation is 2. The van der Waals surface area contributed by atoms with Gasteiger partial charge in [0.1, 0.15) is 11.6 Å². The number of rotatable bonds is 4. The molecular formula is C44H52BBrN8O6. The lowest BCUT2D eigenvalue weighted by atomic mass is 9.75. The van der Waals surface area contributed by atoms with E-state index in [1.807, 2.05) is 18.5 Å². The van der Waals surface area contributed by atoms with Crippen molar-refractivity contribution in [1.29, 1.82) is 0 Å². The van der Waals surface area contributed by atoms with Gasteiger partial charge in [0.2, 0.25) is 0 Å². The van der Waals surface area contributed by atoms with E-state index in [9.17, 15) is 9.59 Å². The van der Waals surface area contributed by atoms with Crippen LogP contribution in [0, 0.1) is 0 Å². The Hall–Kier alpha value is -5.00. The Morgan fingerprint density at radius 1 is 0.650 bits per heavy atom. The number of fused-ring (bicyclic) bond motifs is 2. The Labute approximate surface area is 360 Å². The molecule has 60 heavy (non-hydrogen) atoms. The molecule has 9 heterocycles. The van der Waals surface area contributed by atoms with Gasteiger partial charge in [0.25, 0.3) is 0 Å². The first kappa shape index (κ1) is 43.1.